The molecule has 0 fully saturated rings. The summed E-state index contributed by atoms with van der Waals surface area (Å²) in [4.78, 5) is 42.4. The highest BCUT2D eigenvalue weighted by molar-refractivity contribution is 7.21. The number of nitrogens with one attached hydrogen (secondary N) is 2. The summed E-state index contributed by atoms with van der Waals surface area (Å²) in [7, 11) is 1.53. The standard InChI is InChI=1S/C32H33FN6O6S/c1-17-8-20(28-24(9-17)38-27(43-5)13-35-28)30-39-23-10-21(33)25(11-26(23)46-30)44-14-18(2)45-31(42)37-19-6-7-22(34-12-19)29(41)36-15-32(3,4)16-40/h6-13,18,40H,14-16H2,1-5H3,(H,36,41)(H,37,42)/t18-/m1/s1. The SMILES string of the molecule is COc1cnc2c(-c3nc4cc(F)c(OC[C@@H](C)OC(=O)Nc5ccc(C(=O)NCC(C)(C)CO)nc5)cc4s3)cc(C)cc2n1. The normalized spacial score (nSPS) is 12.2. The molecule has 0 unspecified atom stereocenters. The van der Waals surface area contributed by atoms with E-state index >= 15 is 0 Å². The van der Waals surface area contributed by atoms with Gasteiger partial charge < -0.3 is 24.6 Å². The minimum Gasteiger partial charge on any atom is -0.487 e. The lowest BCUT2D eigenvalue weighted by molar-refractivity contribution is 0.0843. The van der Waals surface area contributed by atoms with Crippen LogP contribution in [0.3, 0.4) is 0 Å². The second-order valence-corrected chi connectivity index (χ2v) is 12.5. The zero-order valence-electron chi connectivity index (χ0n) is 25.9. The number of aliphatic hydroxyl groups is 1. The number of nitrogens with zero attached hydrogens (tertiary/aromatic N) is 4. The smallest absolute Gasteiger partial charge is 0.412 e. The largest absolute Gasteiger partial charge is 0.487 e. The summed E-state index contributed by atoms with van der Waals surface area (Å²) in [5.74, 6) is -0.603. The van der Waals surface area contributed by atoms with E-state index < -0.39 is 29.3 Å². The first-order chi connectivity index (χ1) is 21.9. The molecule has 2 aromatic carbocycles. The molecule has 0 saturated heterocycles. The van der Waals surface area contributed by atoms with Crippen LogP contribution in [0.25, 0.3) is 31.8 Å². The van der Waals surface area contributed by atoms with Crippen molar-refractivity contribution in [2.24, 2.45) is 5.41 Å². The van der Waals surface area contributed by atoms with Crippen LogP contribution in [0, 0.1) is 18.2 Å². The number of hydrogen-bond acceptors (Lipinski definition) is 11. The molecule has 0 aliphatic carbocycles. The first-order valence-corrected chi connectivity index (χ1v) is 15.1. The highest BCUT2D eigenvalue weighted by atomic mass is 32.1. The Kier molecular flexibility index (Phi) is 9.58. The molecule has 12 nitrogen and oxygen atoms in total. The van der Waals surface area contributed by atoms with Gasteiger partial charge in [-0.2, -0.15) is 0 Å². The number of ether oxygens (including phenoxy) is 3. The fraction of sp³-hybridized carbons (Fsp3) is 0.312. The number of pyridine rings is 1. The summed E-state index contributed by atoms with van der Waals surface area (Å²) >= 11 is 1.37. The molecule has 0 bridgehead atoms. The molecule has 1 atom stereocenters. The molecule has 5 rings (SSSR count). The van der Waals surface area contributed by atoms with E-state index in [0.717, 1.165) is 11.1 Å². The Hall–Kier alpha value is -4.95. The van der Waals surface area contributed by atoms with Gasteiger partial charge in [-0.25, -0.2) is 29.1 Å². The maximum atomic E-state index is 15.0. The Morgan fingerprint density at radius 2 is 1.89 bits per heavy atom. The number of methoxy groups -OCH3 is 1. The van der Waals surface area contributed by atoms with Crippen LogP contribution in [-0.2, 0) is 4.74 Å². The van der Waals surface area contributed by atoms with Crippen molar-refractivity contribution in [3.63, 3.8) is 0 Å². The van der Waals surface area contributed by atoms with Crippen LogP contribution in [0.1, 0.15) is 36.8 Å². The third-order valence-electron chi connectivity index (χ3n) is 6.83. The number of fused-ring (bicyclic) bond motifs is 2. The summed E-state index contributed by atoms with van der Waals surface area (Å²) in [5.41, 5.74) is 3.53. The quantitative estimate of drug-likeness (QED) is 0.167. The Morgan fingerprint density at radius 1 is 1.09 bits per heavy atom. The zero-order valence-corrected chi connectivity index (χ0v) is 26.7. The minimum absolute atomic E-state index is 0.00220. The number of aliphatic hydroxyl groups excluding tert-OH is 1. The van der Waals surface area contributed by atoms with Gasteiger partial charge in [0.05, 0.1) is 46.4 Å². The molecule has 0 aliphatic heterocycles. The number of anilines is 1. The fourth-order valence-electron chi connectivity index (χ4n) is 4.30. The van der Waals surface area contributed by atoms with Crippen molar-refractivity contribution in [2.45, 2.75) is 33.8 Å². The van der Waals surface area contributed by atoms with Gasteiger partial charge in [0.1, 0.15) is 23.4 Å². The molecule has 240 valence electrons. The number of thiazole rings is 1. The Morgan fingerprint density at radius 3 is 2.61 bits per heavy atom. The first-order valence-electron chi connectivity index (χ1n) is 14.3. The topological polar surface area (TPSA) is 158 Å². The van der Waals surface area contributed by atoms with E-state index in [2.05, 4.69) is 30.6 Å². The first kappa shape index (κ1) is 32.4. The summed E-state index contributed by atoms with van der Waals surface area (Å²) in [6.45, 7) is 7.28. The number of aryl methyl sites for hydroxylation is 1. The molecule has 0 saturated carbocycles. The minimum atomic E-state index is -0.770. The van der Waals surface area contributed by atoms with Gasteiger partial charge in [-0.1, -0.05) is 13.8 Å². The molecule has 3 heterocycles. The van der Waals surface area contributed by atoms with Crippen LogP contribution in [0.4, 0.5) is 14.9 Å². The number of amides is 2. The molecule has 14 heteroatoms. The molecular weight excluding hydrogens is 615 g/mol. The Bertz CT molecular complexity index is 1900. The van der Waals surface area contributed by atoms with Crippen molar-refractivity contribution in [2.75, 3.05) is 32.2 Å². The highest BCUT2D eigenvalue weighted by Crippen LogP contribution is 2.37. The second-order valence-electron chi connectivity index (χ2n) is 11.5. The second kappa shape index (κ2) is 13.6. The van der Waals surface area contributed by atoms with Gasteiger partial charge in [0.2, 0.25) is 5.88 Å². The molecular formula is C32H33FN6O6S. The number of carbonyl (C=O) groups is 2. The fourth-order valence-corrected chi connectivity index (χ4v) is 5.30. The van der Waals surface area contributed by atoms with Gasteiger partial charge >= 0.3 is 6.09 Å². The number of rotatable bonds is 11. The van der Waals surface area contributed by atoms with Crippen LogP contribution in [0.15, 0.2) is 48.8 Å². The number of halogens is 1. The predicted octanol–water partition coefficient (Wildman–Crippen LogP) is 5.52. The molecule has 0 aliphatic rings. The lowest BCUT2D eigenvalue weighted by atomic mass is 9.95. The number of aromatic nitrogens is 4. The Balaban J connectivity index is 1.19. The van der Waals surface area contributed by atoms with Gasteiger partial charge in [-0.15, -0.1) is 11.3 Å². The van der Waals surface area contributed by atoms with Gasteiger partial charge in [-0.05, 0) is 43.7 Å². The van der Waals surface area contributed by atoms with Gasteiger partial charge in [0, 0.05) is 36.3 Å². The van der Waals surface area contributed by atoms with Crippen LogP contribution in [0.2, 0.25) is 0 Å². The van der Waals surface area contributed by atoms with Crippen LogP contribution in [-0.4, -0.2) is 70.0 Å². The van der Waals surface area contributed by atoms with E-state index in [1.54, 1.807) is 19.2 Å². The monoisotopic (exact) mass is 648 g/mol. The Labute approximate surface area is 268 Å². The number of benzene rings is 2. The summed E-state index contributed by atoms with van der Waals surface area (Å²) < 4.78 is 31.9. The summed E-state index contributed by atoms with van der Waals surface area (Å²) in [6, 6.07) is 9.71. The predicted molar refractivity (Wildman–Crippen MR) is 172 cm³/mol. The average molecular weight is 649 g/mol. The summed E-state index contributed by atoms with van der Waals surface area (Å²) in [5, 5.41) is 15.2. The van der Waals surface area contributed by atoms with Gasteiger partial charge in [0.25, 0.3) is 5.91 Å². The lowest BCUT2D eigenvalue weighted by Gasteiger charge is -2.21. The van der Waals surface area contributed by atoms with E-state index in [4.69, 9.17) is 14.2 Å². The number of carbonyl (C=O) groups excluding carboxylic acids is 2. The summed E-state index contributed by atoms with van der Waals surface area (Å²) in [6.07, 6.45) is 1.37. The van der Waals surface area contributed by atoms with Crippen molar-refractivity contribution in [1.29, 1.82) is 0 Å². The van der Waals surface area contributed by atoms with E-state index in [9.17, 15) is 19.1 Å². The van der Waals surface area contributed by atoms with Crippen molar-refractivity contribution in [1.82, 2.24) is 25.3 Å². The zero-order chi connectivity index (χ0) is 33.0. The van der Waals surface area contributed by atoms with E-state index in [-0.39, 0.29) is 31.2 Å². The molecule has 3 aromatic heterocycles. The van der Waals surface area contributed by atoms with E-state index in [0.29, 0.717) is 37.8 Å². The van der Waals surface area contributed by atoms with Gasteiger partial charge in [0.15, 0.2) is 11.6 Å². The van der Waals surface area contributed by atoms with Crippen LogP contribution in [0.5, 0.6) is 11.6 Å². The number of hydrogen-bond donors (Lipinski definition) is 3. The van der Waals surface area contributed by atoms with Crippen molar-refractivity contribution >= 4 is 50.3 Å². The van der Waals surface area contributed by atoms with Gasteiger partial charge in [-0.3, -0.25) is 10.1 Å². The van der Waals surface area contributed by atoms with Crippen molar-refractivity contribution in [3.05, 3.63) is 65.9 Å². The third-order valence-corrected chi connectivity index (χ3v) is 7.88. The maximum absolute atomic E-state index is 15.0. The highest BCUT2D eigenvalue weighted by Gasteiger charge is 2.20. The molecule has 0 radical (unpaired) electrons. The van der Waals surface area contributed by atoms with Crippen LogP contribution >= 0.6 is 11.3 Å². The molecule has 2 amide bonds. The molecule has 3 N–H and O–H groups in total. The average Bonchev–Trinajstić information content (AvgIpc) is 3.44. The van der Waals surface area contributed by atoms with Crippen molar-refractivity contribution in [3.8, 4) is 22.2 Å². The molecule has 46 heavy (non-hydrogen) atoms. The molecule has 5 aromatic rings. The molecule has 0 spiro atoms. The van der Waals surface area contributed by atoms with E-state index in [1.165, 1.54) is 42.8 Å². The van der Waals surface area contributed by atoms with Crippen molar-refractivity contribution < 1.29 is 33.3 Å². The van der Waals surface area contributed by atoms with Crippen LogP contribution < -0.4 is 20.1 Å². The maximum Gasteiger partial charge on any atom is 0.412 e. The third kappa shape index (κ3) is 7.64. The lowest BCUT2D eigenvalue weighted by Crippen LogP contribution is -2.36. The van der Waals surface area contributed by atoms with E-state index in [1.807, 2.05) is 32.9 Å².